The molecule has 0 unspecified atom stereocenters. The smallest absolute Gasteiger partial charge is 0.402 e. The largest absolute Gasteiger partial charge is 0.631 e. The summed E-state index contributed by atoms with van der Waals surface area (Å²) in [6.45, 7) is 4.21. The number of hydrogen-bond acceptors (Lipinski definition) is 3. The predicted molar refractivity (Wildman–Crippen MR) is 48.3 cm³/mol. The Morgan fingerprint density at radius 1 is 1.00 bits per heavy atom. The first-order valence-corrected chi connectivity index (χ1v) is 3.60. The summed E-state index contributed by atoms with van der Waals surface area (Å²) in [6, 6.07) is 8.45. The first-order chi connectivity index (χ1) is 5.52. The van der Waals surface area contributed by atoms with Crippen LogP contribution in [-0.4, -0.2) is 22.4 Å². The highest BCUT2D eigenvalue weighted by atomic mass is 16.5. The van der Waals surface area contributed by atoms with Crippen LogP contribution >= 0.6 is 0 Å². The third kappa shape index (κ3) is 7.27. The first-order valence-electron chi connectivity index (χ1n) is 3.60. The van der Waals surface area contributed by atoms with Gasteiger partial charge >= 0.3 is 7.32 Å². The standard InChI is InChI=1S/C8H10.BH3O3/c1-7-4-3-5-8(2)6-7;2-1(3)4/h3-6H,1-2H3;2-4H. The predicted octanol–water partition coefficient (Wildman–Crippen LogP) is 0.252. The van der Waals surface area contributed by atoms with Crippen molar-refractivity contribution in [2.24, 2.45) is 0 Å². The van der Waals surface area contributed by atoms with E-state index in [4.69, 9.17) is 15.1 Å². The average Bonchev–Trinajstić information content (AvgIpc) is 1.84. The molecule has 0 atom stereocenters. The molecule has 0 aliphatic carbocycles. The van der Waals surface area contributed by atoms with E-state index in [2.05, 4.69) is 38.1 Å². The maximum absolute atomic E-state index is 7.17. The van der Waals surface area contributed by atoms with Crippen molar-refractivity contribution in [3.63, 3.8) is 0 Å². The zero-order valence-corrected chi connectivity index (χ0v) is 7.23. The van der Waals surface area contributed by atoms with E-state index < -0.39 is 7.32 Å². The topological polar surface area (TPSA) is 60.7 Å². The van der Waals surface area contributed by atoms with Gasteiger partial charge in [0.25, 0.3) is 0 Å². The number of aryl methyl sites for hydroxylation is 2. The van der Waals surface area contributed by atoms with E-state index in [-0.39, 0.29) is 0 Å². The highest BCUT2D eigenvalue weighted by Gasteiger charge is 1.92. The Balaban J connectivity index is 0.000000261. The summed E-state index contributed by atoms with van der Waals surface area (Å²) in [6.07, 6.45) is 0. The highest BCUT2D eigenvalue weighted by molar-refractivity contribution is 6.30. The van der Waals surface area contributed by atoms with Gasteiger partial charge < -0.3 is 15.1 Å². The fourth-order valence-electron chi connectivity index (χ4n) is 0.807. The van der Waals surface area contributed by atoms with Gasteiger partial charge in [-0.2, -0.15) is 0 Å². The summed E-state index contributed by atoms with van der Waals surface area (Å²) in [7, 11) is -2.17. The van der Waals surface area contributed by atoms with Crippen LogP contribution in [-0.2, 0) is 0 Å². The lowest BCUT2D eigenvalue weighted by molar-refractivity contribution is 0.278. The molecule has 12 heavy (non-hydrogen) atoms. The quantitative estimate of drug-likeness (QED) is 0.486. The molecule has 0 bridgehead atoms. The summed E-state index contributed by atoms with van der Waals surface area (Å²) in [5.74, 6) is 0. The first kappa shape index (κ1) is 11.2. The van der Waals surface area contributed by atoms with E-state index in [0.717, 1.165) is 0 Å². The molecule has 1 aromatic rings. The van der Waals surface area contributed by atoms with Gasteiger partial charge in [-0.3, -0.25) is 0 Å². The van der Waals surface area contributed by atoms with Crippen LogP contribution in [0.4, 0.5) is 0 Å². The molecule has 4 heteroatoms. The zero-order chi connectivity index (χ0) is 9.56. The van der Waals surface area contributed by atoms with Gasteiger partial charge in [-0.1, -0.05) is 35.4 Å². The molecular formula is C8H13BO3. The van der Waals surface area contributed by atoms with Crippen LogP contribution in [0.3, 0.4) is 0 Å². The third-order valence-electron chi connectivity index (χ3n) is 1.17. The number of benzene rings is 1. The van der Waals surface area contributed by atoms with Gasteiger partial charge in [0.05, 0.1) is 0 Å². The van der Waals surface area contributed by atoms with Crippen molar-refractivity contribution in [3.05, 3.63) is 35.4 Å². The molecule has 66 valence electrons. The van der Waals surface area contributed by atoms with E-state index in [1.54, 1.807) is 0 Å². The van der Waals surface area contributed by atoms with E-state index >= 15 is 0 Å². The van der Waals surface area contributed by atoms with Crippen molar-refractivity contribution >= 4 is 7.32 Å². The summed E-state index contributed by atoms with van der Waals surface area (Å²) in [5, 5.41) is 21.5. The van der Waals surface area contributed by atoms with Crippen LogP contribution in [0.5, 0.6) is 0 Å². The van der Waals surface area contributed by atoms with Gasteiger partial charge in [-0.15, -0.1) is 0 Å². The molecule has 0 aliphatic rings. The Labute approximate surface area is 72.5 Å². The Morgan fingerprint density at radius 3 is 1.50 bits per heavy atom. The molecule has 1 aromatic carbocycles. The van der Waals surface area contributed by atoms with Gasteiger partial charge in [-0.05, 0) is 13.8 Å². The Morgan fingerprint density at radius 2 is 1.33 bits per heavy atom. The summed E-state index contributed by atoms with van der Waals surface area (Å²) >= 11 is 0. The van der Waals surface area contributed by atoms with E-state index in [0.29, 0.717) is 0 Å². The molecule has 3 nitrogen and oxygen atoms in total. The van der Waals surface area contributed by atoms with Crippen molar-refractivity contribution in [2.45, 2.75) is 13.8 Å². The van der Waals surface area contributed by atoms with Crippen LogP contribution in [0.25, 0.3) is 0 Å². The van der Waals surface area contributed by atoms with Crippen LogP contribution in [0.15, 0.2) is 24.3 Å². The van der Waals surface area contributed by atoms with Gasteiger partial charge in [0.2, 0.25) is 0 Å². The minimum atomic E-state index is -2.17. The lowest BCUT2D eigenvalue weighted by atomic mass is 10.2. The van der Waals surface area contributed by atoms with Crippen molar-refractivity contribution < 1.29 is 15.1 Å². The third-order valence-corrected chi connectivity index (χ3v) is 1.17. The molecule has 0 fully saturated rings. The lowest BCUT2D eigenvalue weighted by Crippen LogP contribution is -2.07. The van der Waals surface area contributed by atoms with E-state index in [1.165, 1.54) is 11.1 Å². The number of hydrogen-bond donors (Lipinski definition) is 3. The maximum atomic E-state index is 7.17. The molecule has 1 rings (SSSR count). The maximum Gasteiger partial charge on any atom is 0.631 e. The molecule has 0 saturated carbocycles. The molecule has 0 amide bonds. The van der Waals surface area contributed by atoms with Crippen molar-refractivity contribution in [1.82, 2.24) is 0 Å². The minimum Gasteiger partial charge on any atom is -0.402 e. The Hall–Kier alpha value is -0.835. The number of rotatable bonds is 0. The molecule has 0 aromatic heterocycles. The SMILES string of the molecule is Cc1cccc(C)c1.OB(O)O. The Bertz CT molecular complexity index is 205. The van der Waals surface area contributed by atoms with Gasteiger partial charge in [-0.25, -0.2) is 0 Å². The van der Waals surface area contributed by atoms with Crippen LogP contribution in [0.2, 0.25) is 0 Å². The molecule has 0 spiro atoms. The normalized spacial score (nSPS) is 8.42. The van der Waals surface area contributed by atoms with Crippen LogP contribution < -0.4 is 0 Å². The average molecular weight is 168 g/mol. The van der Waals surface area contributed by atoms with Crippen molar-refractivity contribution in [2.75, 3.05) is 0 Å². The second-order valence-corrected chi connectivity index (χ2v) is 2.50. The zero-order valence-electron chi connectivity index (χ0n) is 7.23. The molecule has 0 heterocycles. The molecule has 0 radical (unpaired) electrons. The lowest BCUT2D eigenvalue weighted by Gasteiger charge is -1.90. The molecular weight excluding hydrogens is 155 g/mol. The fourth-order valence-corrected chi connectivity index (χ4v) is 0.807. The fraction of sp³-hybridized carbons (Fsp3) is 0.250. The van der Waals surface area contributed by atoms with Crippen LogP contribution in [0, 0.1) is 13.8 Å². The molecule has 3 N–H and O–H groups in total. The van der Waals surface area contributed by atoms with E-state index in [9.17, 15) is 0 Å². The second kappa shape index (κ2) is 5.77. The molecule has 0 saturated heterocycles. The minimum absolute atomic E-state index is 1.34. The van der Waals surface area contributed by atoms with Crippen molar-refractivity contribution in [3.8, 4) is 0 Å². The summed E-state index contributed by atoms with van der Waals surface area (Å²) in [5.41, 5.74) is 2.68. The molecule has 0 aliphatic heterocycles. The van der Waals surface area contributed by atoms with Gasteiger partial charge in [0.1, 0.15) is 0 Å². The highest BCUT2D eigenvalue weighted by Crippen LogP contribution is 2.00. The monoisotopic (exact) mass is 168 g/mol. The van der Waals surface area contributed by atoms with Gasteiger partial charge in [0, 0.05) is 0 Å². The summed E-state index contributed by atoms with van der Waals surface area (Å²) < 4.78 is 0. The second-order valence-electron chi connectivity index (χ2n) is 2.50. The summed E-state index contributed by atoms with van der Waals surface area (Å²) in [4.78, 5) is 0. The Kier molecular flexibility index (Phi) is 5.37. The van der Waals surface area contributed by atoms with Crippen LogP contribution in [0.1, 0.15) is 11.1 Å². The van der Waals surface area contributed by atoms with E-state index in [1.807, 2.05) is 0 Å². The van der Waals surface area contributed by atoms with Gasteiger partial charge in [0.15, 0.2) is 0 Å². The van der Waals surface area contributed by atoms with Crippen molar-refractivity contribution in [1.29, 1.82) is 0 Å².